The first-order chi connectivity index (χ1) is 15.4. The Morgan fingerprint density at radius 2 is 1.69 bits per heavy atom. The summed E-state index contributed by atoms with van der Waals surface area (Å²) in [7, 11) is 0. The van der Waals surface area contributed by atoms with Crippen LogP contribution in [0.3, 0.4) is 0 Å². The second kappa shape index (κ2) is 8.89. The van der Waals surface area contributed by atoms with Gasteiger partial charge >= 0.3 is 0 Å². The molecule has 0 radical (unpaired) electrons. The van der Waals surface area contributed by atoms with Gasteiger partial charge in [0.1, 0.15) is 5.69 Å². The predicted molar refractivity (Wildman–Crippen MR) is 123 cm³/mol. The number of rotatable bonds is 7. The van der Waals surface area contributed by atoms with Gasteiger partial charge in [0.15, 0.2) is 0 Å². The number of carbonyl (C=O) groups excluding carboxylic acids is 2. The summed E-state index contributed by atoms with van der Waals surface area (Å²) in [6, 6.07) is 18.6. The highest BCUT2D eigenvalue weighted by Crippen LogP contribution is 2.32. The summed E-state index contributed by atoms with van der Waals surface area (Å²) in [6.45, 7) is 1.93. The van der Waals surface area contributed by atoms with Crippen LogP contribution < -0.4 is 16.0 Å². The third-order valence-electron chi connectivity index (χ3n) is 5.09. The molecular weight excluding hydrogens is 408 g/mol. The number of nitro groups is 1. The van der Waals surface area contributed by atoms with Crippen LogP contribution in [0.4, 0.5) is 22.7 Å². The van der Waals surface area contributed by atoms with Gasteiger partial charge in [-0.05, 0) is 61.7 Å². The molecule has 3 aromatic rings. The van der Waals surface area contributed by atoms with E-state index in [2.05, 4.69) is 16.0 Å². The number of amides is 2. The molecule has 2 amide bonds. The van der Waals surface area contributed by atoms with Gasteiger partial charge in [-0.25, -0.2) is 0 Å². The number of benzene rings is 3. The molecule has 0 heterocycles. The van der Waals surface area contributed by atoms with Crippen LogP contribution in [0.5, 0.6) is 0 Å². The Bertz CT molecular complexity index is 1200. The number of nitro benzene ring substituents is 1. The molecule has 8 nitrogen and oxygen atoms in total. The average Bonchev–Trinajstić information content (AvgIpc) is 3.58. The van der Waals surface area contributed by atoms with Crippen LogP contribution in [0, 0.1) is 17.0 Å². The fourth-order valence-electron chi connectivity index (χ4n) is 3.30. The minimum Gasteiger partial charge on any atom is -0.377 e. The van der Waals surface area contributed by atoms with Gasteiger partial charge in [0.05, 0.1) is 16.2 Å². The standard InChI is InChI=1S/C24H22N4O4/c1-15-5-4-6-18(13-15)26-24(30)19-7-2-3-8-20(19)27-23(29)16-9-12-21(25-17-10-11-17)22(14-16)28(31)32/h2-9,12-14,17,25H,10-11H2,1H3,(H,26,30)(H,27,29). The van der Waals surface area contributed by atoms with Crippen LogP contribution >= 0.6 is 0 Å². The Hall–Kier alpha value is -4.20. The lowest BCUT2D eigenvalue weighted by Gasteiger charge is -2.12. The van der Waals surface area contributed by atoms with E-state index in [1.807, 2.05) is 25.1 Å². The molecular formula is C24H22N4O4. The second-order valence-electron chi connectivity index (χ2n) is 7.73. The van der Waals surface area contributed by atoms with Crippen molar-refractivity contribution >= 4 is 34.6 Å². The zero-order valence-electron chi connectivity index (χ0n) is 17.4. The Balaban J connectivity index is 1.54. The molecule has 0 unspecified atom stereocenters. The highest BCUT2D eigenvalue weighted by molar-refractivity contribution is 6.12. The lowest BCUT2D eigenvalue weighted by atomic mass is 10.1. The first-order valence-electron chi connectivity index (χ1n) is 10.2. The van der Waals surface area contributed by atoms with Crippen molar-refractivity contribution in [2.24, 2.45) is 0 Å². The molecule has 0 saturated heterocycles. The van der Waals surface area contributed by atoms with Crippen molar-refractivity contribution < 1.29 is 14.5 Å². The first-order valence-corrected chi connectivity index (χ1v) is 10.2. The van der Waals surface area contributed by atoms with Crippen molar-refractivity contribution in [1.82, 2.24) is 0 Å². The Kier molecular flexibility index (Phi) is 5.85. The monoisotopic (exact) mass is 430 g/mol. The number of anilines is 3. The minimum absolute atomic E-state index is 0.131. The zero-order valence-corrected chi connectivity index (χ0v) is 17.4. The van der Waals surface area contributed by atoms with Gasteiger partial charge in [-0.1, -0.05) is 24.3 Å². The molecule has 0 atom stereocenters. The molecule has 0 aliphatic heterocycles. The van der Waals surface area contributed by atoms with Crippen LogP contribution in [0.25, 0.3) is 0 Å². The molecule has 8 heteroatoms. The lowest BCUT2D eigenvalue weighted by molar-refractivity contribution is -0.384. The van der Waals surface area contributed by atoms with Gasteiger partial charge in [-0.2, -0.15) is 0 Å². The molecule has 3 aromatic carbocycles. The number of carbonyl (C=O) groups is 2. The largest absolute Gasteiger partial charge is 0.377 e. The number of hydrogen-bond acceptors (Lipinski definition) is 5. The van der Waals surface area contributed by atoms with Crippen molar-refractivity contribution in [1.29, 1.82) is 0 Å². The van der Waals surface area contributed by atoms with Crippen LogP contribution in [-0.4, -0.2) is 22.8 Å². The summed E-state index contributed by atoms with van der Waals surface area (Å²) in [4.78, 5) is 36.6. The van der Waals surface area contributed by atoms with Crippen molar-refractivity contribution in [2.75, 3.05) is 16.0 Å². The molecule has 1 aliphatic rings. The van der Waals surface area contributed by atoms with Gasteiger partial charge in [0.2, 0.25) is 0 Å². The topological polar surface area (TPSA) is 113 Å². The van der Waals surface area contributed by atoms with Gasteiger partial charge in [0.25, 0.3) is 17.5 Å². The summed E-state index contributed by atoms with van der Waals surface area (Å²) < 4.78 is 0. The maximum Gasteiger partial charge on any atom is 0.293 e. The Morgan fingerprint density at radius 1 is 0.906 bits per heavy atom. The predicted octanol–water partition coefficient (Wildman–Crippen LogP) is 4.98. The number of nitrogens with one attached hydrogen (secondary N) is 3. The molecule has 3 N–H and O–H groups in total. The van der Waals surface area contributed by atoms with Crippen LogP contribution in [-0.2, 0) is 0 Å². The quantitative estimate of drug-likeness (QED) is 0.361. The Morgan fingerprint density at radius 3 is 2.41 bits per heavy atom. The summed E-state index contributed by atoms with van der Waals surface area (Å²) in [6.07, 6.45) is 1.95. The minimum atomic E-state index is -0.540. The molecule has 32 heavy (non-hydrogen) atoms. The fourth-order valence-corrected chi connectivity index (χ4v) is 3.30. The van der Waals surface area contributed by atoms with Crippen molar-refractivity contribution in [2.45, 2.75) is 25.8 Å². The van der Waals surface area contributed by atoms with Crippen LogP contribution in [0.1, 0.15) is 39.1 Å². The van der Waals surface area contributed by atoms with Gasteiger partial charge in [-0.3, -0.25) is 19.7 Å². The van der Waals surface area contributed by atoms with E-state index in [-0.39, 0.29) is 28.8 Å². The maximum atomic E-state index is 12.8. The molecule has 1 aliphatic carbocycles. The normalized spacial score (nSPS) is 12.7. The fraction of sp³-hybridized carbons (Fsp3) is 0.167. The van der Waals surface area contributed by atoms with Gasteiger partial charge < -0.3 is 16.0 Å². The van der Waals surface area contributed by atoms with Crippen LogP contribution in [0.15, 0.2) is 66.7 Å². The summed E-state index contributed by atoms with van der Waals surface area (Å²) >= 11 is 0. The van der Waals surface area contributed by atoms with Crippen LogP contribution in [0.2, 0.25) is 0 Å². The lowest BCUT2D eigenvalue weighted by Crippen LogP contribution is -2.18. The smallest absolute Gasteiger partial charge is 0.293 e. The molecule has 0 spiro atoms. The van der Waals surface area contributed by atoms with E-state index < -0.39 is 10.8 Å². The van der Waals surface area contributed by atoms with Gasteiger partial charge in [-0.15, -0.1) is 0 Å². The highest BCUT2D eigenvalue weighted by Gasteiger charge is 2.26. The second-order valence-corrected chi connectivity index (χ2v) is 7.73. The molecule has 1 saturated carbocycles. The summed E-state index contributed by atoms with van der Waals surface area (Å²) in [5.41, 5.74) is 2.61. The van der Waals surface area contributed by atoms with E-state index in [1.165, 1.54) is 12.1 Å². The van der Waals surface area contributed by atoms with E-state index in [0.717, 1.165) is 18.4 Å². The van der Waals surface area contributed by atoms with E-state index >= 15 is 0 Å². The van der Waals surface area contributed by atoms with E-state index in [1.54, 1.807) is 36.4 Å². The van der Waals surface area contributed by atoms with Crippen molar-refractivity contribution in [3.05, 3.63) is 93.5 Å². The molecule has 0 aromatic heterocycles. The summed E-state index contributed by atoms with van der Waals surface area (Å²) in [5, 5.41) is 20.1. The third kappa shape index (κ3) is 4.92. The number of para-hydroxylation sites is 1. The number of nitrogens with zero attached hydrogens (tertiary/aromatic N) is 1. The number of hydrogen-bond donors (Lipinski definition) is 3. The Labute approximate surface area is 184 Å². The molecule has 162 valence electrons. The van der Waals surface area contributed by atoms with E-state index in [9.17, 15) is 19.7 Å². The number of aryl methyl sites for hydroxylation is 1. The average molecular weight is 430 g/mol. The third-order valence-corrected chi connectivity index (χ3v) is 5.09. The van der Waals surface area contributed by atoms with E-state index in [4.69, 9.17) is 0 Å². The van der Waals surface area contributed by atoms with Gasteiger partial charge in [0, 0.05) is 23.4 Å². The molecule has 0 bridgehead atoms. The van der Waals surface area contributed by atoms with E-state index in [0.29, 0.717) is 17.1 Å². The molecule has 4 rings (SSSR count). The van der Waals surface area contributed by atoms with Crippen molar-refractivity contribution in [3.63, 3.8) is 0 Å². The highest BCUT2D eigenvalue weighted by atomic mass is 16.6. The first kappa shape index (κ1) is 21.0. The maximum absolute atomic E-state index is 12.8. The zero-order chi connectivity index (χ0) is 22.7. The van der Waals surface area contributed by atoms with Crippen molar-refractivity contribution in [3.8, 4) is 0 Å². The summed E-state index contributed by atoms with van der Waals surface area (Å²) in [5.74, 6) is -0.914. The molecule has 1 fully saturated rings. The SMILES string of the molecule is Cc1cccc(NC(=O)c2ccccc2NC(=O)c2ccc(NC3CC3)c([N+](=O)[O-])c2)c1.